The van der Waals surface area contributed by atoms with Gasteiger partial charge in [-0.3, -0.25) is 0 Å². The van der Waals surface area contributed by atoms with E-state index in [1.54, 1.807) is 0 Å². The molecule has 0 saturated carbocycles. The number of allylic oxidation sites excluding steroid dienone is 4. The summed E-state index contributed by atoms with van der Waals surface area (Å²) in [6.45, 7) is 2.07. The summed E-state index contributed by atoms with van der Waals surface area (Å²) in [6.07, 6.45) is 10.6. The number of carbonyl (C=O) groups is 1. The van der Waals surface area contributed by atoms with Crippen LogP contribution in [0.1, 0.15) is 32.6 Å². The van der Waals surface area contributed by atoms with Gasteiger partial charge < -0.3 is 9.90 Å². The van der Waals surface area contributed by atoms with Crippen molar-refractivity contribution in [2.45, 2.75) is 32.6 Å². The fourth-order valence-corrected chi connectivity index (χ4v) is 0.754. The number of unbranched alkanes of at least 4 members (excludes halogenated alkanes) is 1. The normalized spacial score (nSPS) is 10.5. The van der Waals surface area contributed by atoms with Crippen LogP contribution in [0.4, 0.5) is 0 Å². The van der Waals surface area contributed by atoms with Gasteiger partial charge in [-0.2, -0.15) is 0 Å². The van der Waals surface area contributed by atoms with Crippen molar-refractivity contribution in [1.82, 2.24) is 0 Å². The van der Waals surface area contributed by atoms with E-state index in [1.807, 2.05) is 18.2 Å². The van der Waals surface area contributed by atoms with Crippen molar-refractivity contribution in [2.75, 3.05) is 0 Å². The first kappa shape index (κ1) is 15.4. The van der Waals surface area contributed by atoms with Gasteiger partial charge in [0.1, 0.15) is 0 Å². The third kappa shape index (κ3) is 14.8. The van der Waals surface area contributed by atoms with Crippen LogP contribution in [0.15, 0.2) is 24.3 Å². The van der Waals surface area contributed by atoms with Crippen LogP contribution in [0.2, 0.25) is 0 Å². The molecule has 13 heavy (non-hydrogen) atoms. The van der Waals surface area contributed by atoms with Crippen molar-refractivity contribution >= 4 is 5.97 Å². The Morgan fingerprint density at radius 3 is 2.46 bits per heavy atom. The van der Waals surface area contributed by atoms with Gasteiger partial charge in [-0.1, -0.05) is 31.2 Å². The van der Waals surface area contributed by atoms with Crippen LogP contribution in [-0.4, -0.2) is 5.97 Å². The number of hydrogen-bond donors (Lipinski definition) is 0. The maximum absolute atomic E-state index is 9.99. The Hall–Kier alpha value is -0.0500. The molecule has 0 N–H and O–H groups in total. The molecule has 0 aromatic rings. The van der Waals surface area contributed by atoms with Crippen LogP contribution in [0.5, 0.6) is 0 Å². The Labute approximate surface area is 102 Å². The van der Waals surface area contributed by atoms with E-state index in [2.05, 4.69) is 13.0 Å². The monoisotopic (exact) mass is 190 g/mol. The van der Waals surface area contributed by atoms with Gasteiger partial charge in [-0.25, -0.2) is 0 Å². The van der Waals surface area contributed by atoms with E-state index in [4.69, 9.17) is 0 Å². The van der Waals surface area contributed by atoms with E-state index in [9.17, 15) is 9.90 Å². The second kappa shape index (κ2) is 11.9. The molecular weight excluding hydrogens is 175 g/mol. The summed E-state index contributed by atoms with van der Waals surface area (Å²) in [5.74, 6) is -0.965. The fourth-order valence-electron chi connectivity index (χ4n) is 0.754. The molecule has 0 atom stereocenters. The SMILES string of the molecule is CCC=CC=CCCCC(=O)[O-].[Na+]. The zero-order valence-corrected chi connectivity index (χ0v) is 10.5. The predicted octanol–water partition coefficient (Wildman–Crippen LogP) is -1.57. The molecule has 0 aliphatic heterocycles. The van der Waals surface area contributed by atoms with Crippen molar-refractivity contribution < 1.29 is 39.5 Å². The molecule has 68 valence electrons. The Bertz CT molecular complexity index is 174. The number of aliphatic carboxylic acids is 1. The van der Waals surface area contributed by atoms with Crippen molar-refractivity contribution in [1.29, 1.82) is 0 Å². The van der Waals surface area contributed by atoms with Crippen molar-refractivity contribution in [3.05, 3.63) is 24.3 Å². The maximum atomic E-state index is 9.99. The average Bonchev–Trinajstić information content (AvgIpc) is 2.02. The zero-order valence-electron chi connectivity index (χ0n) is 8.45. The molecule has 0 spiro atoms. The van der Waals surface area contributed by atoms with E-state index >= 15 is 0 Å². The Balaban J connectivity index is 0. The number of carbonyl (C=O) groups excluding carboxylic acids is 1. The van der Waals surface area contributed by atoms with E-state index in [0.717, 1.165) is 12.8 Å². The van der Waals surface area contributed by atoms with Crippen LogP contribution in [0, 0.1) is 0 Å². The molecule has 0 heterocycles. The molecule has 0 amide bonds. The van der Waals surface area contributed by atoms with Gasteiger partial charge in [0.25, 0.3) is 0 Å². The number of carboxylic acids is 1. The van der Waals surface area contributed by atoms with Gasteiger partial charge in [0.2, 0.25) is 0 Å². The average molecular weight is 190 g/mol. The van der Waals surface area contributed by atoms with Gasteiger partial charge >= 0.3 is 29.6 Å². The molecule has 0 unspecified atom stereocenters. The molecule has 0 aromatic carbocycles. The van der Waals surface area contributed by atoms with Crippen molar-refractivity contribution in [2.24, 2.45) is 0 Å². The second-order valence-electron chi connectivity index (χ2n) is 2.53. The van der Waals surface area contributed by atoms with E-state index in [0.29, 0.717) is 6.42 Å². The van der Waals surface area contributed by atoms with E-state index < -0.39 is 5.97 Å². The van der Waals surface area contributed by atoms with Crippen molar-refractivity contribution in [3.8, 4) is 0 Å². The Morgan fingerprint density at radius 2 is 1.92 bits per heavy atom. The largest absolute Gasteiger partial charge is 1.00 e. The van der Waals surface area contributed by atoms with Crippen LogP contribution in [-0.2, 0) is 4.79 Å². The second-order valence-corrected chi connectivity index (χ2v) is 2.53. The number of carboxylic acid groups (broad SMARTS) is 1. The Kier molecular flexibility index (Phi) is 14.2. The van der Waals surface area contributed by atoms with Crippen LogP contribution >= 0.6 is 0 Å². The summed E-state index contributed by atoms with van der Waals surface area (Å²) < 4.78 is 0. The van der Waals surface area contributed by atoms with Gasteiger partial charge in [0.05, 0.1) is 0 Å². The summed E-state index contributed by atoms with van der Waals surface area (Å²) in [7, 11) is 0. The molecule has 2 nitrogen and oxygen atoms in total. The van der Waals surface area contributed by atoms with Crippen molar-refractivity contribution in [3.63, 3.8) is 0 Å². The summed E-state index contributed by atoms with van der Waals surface area (Å²) in [6, 6.07) is 0. The van der Waals surface area contributed by atoms with E-state index in [1.165, 1.54) is 0 Å². The number of rotatable bonds is 6. The molecular formula is C10H15NaO2. The minimum atomic E-state index is -0.965. The van der Waals surface area contributed by atoms with Crippen LogP contribution < -0.4 is 34.7 Å². The van der Waals surface area contributed by atoms with Crippen LogP contribution in [0.25, 0.3) is 0 Å². The topological polar surface area (TPSA) is 40.1 Å². The Morgan fingerprint density at radius 1 is 1.31 bits per heavy atom. The third-order valence-corrected chi connectivity index (χ3v) is 1.37. The molecule has 0 radical (unpaired) electrons. The molecule has 0 fully saturated rings. The molecule has 0 aliphatic rings. The number of hydrogen-bond acceptors (Lipinski definition) is 2. The van der Waals surface area contributed by atoms with Gasteiger partial charge in [-0.05, 0) is 25.7 Å². The first-order valence-electron chi connectivity index (χ1n) is 4.29. The molecule has 0 bridgehead atoms. The summed E-state index contributed by atoms with van der Waals surface area (Å²) in [5, 5.41) is 9.99. The van der Waals surface area contributed by atoms with Gasteiger partial charge in [0.15, 0.2) is 0 Å². The standard InChI is InChI=1S/C10H16O2.Na/c1-2-3-4-5-6-7-8-9-10(11)12;/h3-6H,2,7-9H2,1H3,(H,11,12);/q;+1/p-1. The molecule has 0 rings (SSSR count). The summed E-state index contributed by atoms with van der Waals surface area (Å²) in [5.41, 5.74) is 0. The predicted molar refractivity (Wildman–Crippen MR) is 47.4 cm³/mol. The smallest absolute Gasteiger partial charge is 0.550 e. The first-order valence-corrected chi connectivity index (χ1v) is 4.29. The zero-order chi connectivity index (χ0) is 9.23. The van der Waals surface area contributed by atoms with Gasteiger partial charge in [0, 0.05) is 5.97 Å². The van der Waals surface area contributed by atoms with E-state index in [-0.39, 0.29) is 36.0 Å². The molecule has 0 aromatic heterocycles. The summed E-state index contributed by atoms with van der Waals surface area (Å²) in [4.78, 5) is 9.99. The minimum Gasteiger partial charge on any atom is -0.550 e. The minimum absolute atomic E-state index is 0. The molecule has 0 aliphatic carbocycles. The van der Waals surface area contributed by atoms with Crippen LogP contribution in [0.3, 0.4) is 0 Å². The van der Waals surface area contributed by atoms with Gasteiger partial charge in [-0.15, -0.1) is 0 Å². The third-order valence-electron chi connectivity index (χ3n) is 1.37. The fraction of sp³-hybridized carbons (Fsp3) is 0.500. The quantitative estimate of drug-likeness (QED) is 0.288. The molecule has 3 heteroatoms. The first-order chi connectivity index (χ1) is 5.77. The summed E-state index contributed by atoms with van der Waals surface area (Å²) >= 11 is 0. The maximum Gasteiger partial charge on any atom is 1.00 e. The molecule has 0 saturated heterocycles.